The number of hydrogen-bond donors (Lipinski definition) is 1. The van der Waals surface area contributed by atoms with Crippen molar-refractivity contribution in [2.75, 3.05) is 13.1 Å². The Balaban J connectivity index is 1.93. The minimum absolute atomic E-state index is 0.0113. The number of likely N-dealkylation sites (tertiary alicyclic amines) is 1. The number of hydrogen-bond acceptors (Lipinski definition) is 3. The predicted octanol–water partition coefficient (Wildman–Crippen LogP) is 2.88. The zero-order valence-corrected chi connectivity index (χ0v) is 12.0. The maximum atomic E-state index is 12.2. The van der Waals surface area contributed by atoms with Gasteiger partial charge in [-0.05, 0) is 32.1 Å². The van der Waals surface area contributed by atoms with Crippen LogP contribution in [-0.2, 0) is 0 Å². The Kier molecular flexibility index (Phi) is 4.45. The first-order valence-corrected chi connectivity index (χ1v) is 7.05. The summed E-state index contributed by atoms with van der Waals surface area (Å²) >= 11 is 0. The van der Waals surface area contributed by atoms with Crippen molar-refractivity contribution in [2.45, 2.75) is 46.1 Å². The van der Waals surface area contributed by atoms with Crippen LogP contribution in [0.15, 0.2) is 10.6 Å². The lowest BCUT2D eigenvalue weighted by Crippen LogP contribution is -2.40. The molecule has 1 aromatic rings. The first-order chi connectivity index (χ1) is 9.08. The van der Waals surface area contributed by atoms with E-state index in [1.807, 2.05) is 17.9 Å². The van der Waals surface area contributed by atoms with Crippen LogP contribution in [0.3, 0.4) is 0 Å². The van der Waals surface area contributed by atoms with Crippen molar-refractivity contribution in [1.29, 1.82) is 0 Å². The lowest BCUT2D eigenvalue weighted by atomic mass is 10.1. The quantitative estimate of drug-likeness (QED) is 0.910. The minimum atomic E-state index is 0.0113. The van der Waals surface area contributed by atoms with Crippen molar-refractivity contribution >= 4 is 6.03 Å². The Morgan fingerprint density at radius 1 is 1.63 bits per heavy atom. The summed E-state index contributed by atoms with van der Waals surface area (Å²) in [6, 6.07) is 1.97. The van der Waals surface area contributed by atoms with Crippen molar-refractivity contribution in [2.24, 2.45) is 5.92 Å². The van der Waals surface area contributed by atoms with Gasteiger partial charge in [0.15, 0.2) is 5.76 Å². The molecule has 106 valence electrons. The van der Waals surface area contributed by atoms with Crippen LogP contribution in [0.1, 0.15) is 50.6 Å². The van der Waals surface area contributed by atoms with Crippen LogP contribution in [0.25, 0.3) is 0 Å². The van der Waals surface area contributed by atoms with Crippen LogP contribution in [-0.4, -0.2) is 29.2 Å². The van der Waals surface area contributed by atoms with Gasteiger partial charge in [0, 0.05) is 19.2 Å². The van der Waals surface area contributed by atoms with Gasteiger partial charge in [0.05, 0.1) is 11.7 Å². The Morgan fingerprint density at radius 3 is 3.05 bits per heavy atom. The van der Waals surface area contributed by atoms with Gasteiger partial charge in [0.2, 0.25) is 0 Å². The summed E-state index contributed by atoms with van der Waals surface area (Å²) < 4.78 is 5.30. The van der Waals surface area contributed by atoms with E-state index in [0.717, 1.165) is 43.8 Å². The van der Waals surface area contributed by atoms with E-state index in [0.29, 0.717) is 5.92 Å². The number of rotatable bonds is 4. The molecule has 19 heavy (non-hydrogen) atoms. The van der Waals surface area contributed by atoms with E-state index in [2.05, 4.69) is 24.3 Å². The van der Waals surface area contributed by atoms with Crippen LogP contribution in [0.2, 0.25) is 0 Å². The third kappa shape index (κ3) is 3.49. The van der Waals surface area contributed by atoms with Gasteiger partial charge in [0.1, 0.15) is 0 Å². The number of aryl methyl sites for hydroxylation is 1. The smallest absolute Gasteiger partial charge is 0.318 e. The highest BCUT2D eigenvalue weighted by molar-refractivity contribution is 5.74. The second kappa shape index (κ2) is 6.08. The SMILES string of the molecule is Cc1cc([C@@H]2CCCN2C(=O)NCCC(C)C)on1. The highest BCUT2D eigenvalue weighted by Crippen LogP contribution is 2.32. The van der Waals surface area contributed by atoms with Crippen LogP contribution in [0.5, 0.6) is 0 Å². The molecule has 5 nitrogen and oxygen atoms in total. The Labute approximate surface area is 114 Å². The molecular formula is C14H23N3O2. The fourth-order valence-electron chi connectivity index (χ4n) is 2.42. The number of urea groups is 1. The summed E-state index contributed by atoms with van der Waals surface area (Å²) in [4.78, 5) is 14.0. The first-order valence-electron chi connectivity index (χ1n) is 7.05. The third-order valence-electron chi connectivity index (χ3n) is 3.49. The summed E-state index contributed by atoms with van der Waals surface area (Å²) in [5, 5.41) is 6.89. The predicted molar refractivity (Wildman–Crippen MR) is 72.8 cm³/mol. The molecule has 1 N–H and O–H groups in total. The monoisotopic (exact) mass is 265 g/mol. The Bertz CT molecular complexity index is 428. The molecule has 2 heterocycles. The molecule has 0 unspecified atom stereocenters. The van der Waals surface area contributed by atoms with Crippen LogP contribution >= 0.6 is 0 Å². The van der Waals surface area contributed by atoms with Gasteiger partial charge in [-0.15, -0.1) is 0 Å². The van der Waals surface area contributed by atoms with Gasteiger partial charge in [-0.2, -0.15) is 0 Å². The summed E-state index contributed by atoms with van der Waals surface area (Å²) in [7, 11) is 0. The van der Waals surface area contributed by atoms with E-state index < -0.39 is 0 Å². The fourth-order valence-corrected chi connectivity index (χ4v) is 2.42. The number of amides is 2. The molecule has 2 amide bonds. The van der Waals surface area contributed by atoms with Gasteiger partial charge in [-0.25, -0.2) is 4.79 Å². The van der Waals surface area contributed by atoms with Gasteiger partial charge in [-0.1, -0.05) is 19.0 Å². The molecule has 2 rings (SSSR count). The van der Waals surface area contributed by atoms with Gasteiger partial charge >= 0.3 is 6.03 Å². The van der Waals surface area contributed by atoms with E-state index in [-0.39, 0.29) is 12.1 Å². The van der Waals surface area contributed by atoms with E-state index in [1.54, 1.807) is 0 Å². The van der Waals surface area contributed by atoms with Crippen molar-refractivity contribution in [3.05, 3.63) is 17.5 Å². The zero-order valence-electron chi connectivity index (χ0n) is 12.0. The van der Waals surface area contributed by atoms with E-state index in [1.165, 1.54) is 0 Å². The summed E-state index contributed by atoms with van der Waals surface area (Å²) in [6.45, 7) is 7.73. The molecule has 1 saturated heterocycles. The average molecular weight is 265 g/mol. The van der Waals surface area contributed by atoms with Gasteiger partial charge in [0.25, 0.3) is 0 Å². The second-order valence-corrected chi connectivity index (χ2v) is 5.64. The molecule has 0 spiro atoms. The zero-order chi connectivity index (χ0) is 13.8. The average Bonchev–Trinajstić information content (AvgIpc) is 2.96. The highest BCUT2D eigenvalue weighted by atomic mass is 16.5. The molecule has 1 fully saturated rings. The number of nitrogens with zero attached hydrogens (tertiary/aromatic N) is 2. The standard InChI is InChI=1S/C14H23N3O2/c1-10(2)6-7-15-14(18)17-8-4-5-12(17)13-9-11(3)16-19-13/h9-10,12H,4-8H2,1-3H3,(H,15,18)/t12-/m0/s1. The minimum Gasteiger partial charge on any atom is -0.359 e. The summed E-state index contributed by atoms with van der Waals surface area (Å²) in [5.41, 5.74) is 0.863. The lowest BCUT2D eigenvalue weighted by Gasteiger charge is -2.23. The molecule has 5 heteroatoms. The molecule has 0 aliphatic carbocycles. The maximum absolute atomic E-state index is 12.2. The largest absolute Gasteiger partial charge is 0.359 e. The molecule has 0 aromatic carbocycles. The van der Waals surface area contributed by atoms with Crippen molar-refractivity contribution < 1.29 is 9.32 Å². The number of carbonyl (C=O) groups is 1. The fraction of sp³-hybridized carbons (Fsp3) is 0.714. The number of nitrogens with one attached hydrogen (secondary N) is 1. The van der Waals surface area contributed by atoms with E-state index in [9.17, 15) is 4.79 Å². The van der Waals surface area contributed by atoms with E-state index >= 15 is 0 Å². The molecule has 1 aliphatic rings. The van der Waals surface area contributed by atoms with E-state index in [4.69, 9.17) is 4.52 Å². The van der Waals surface area contributed by atoms with Crippen molar-refractivity contribution in [3.63, 3.8) is 0 Å². The first kappa shape index (κ1) is 13.9. The van der Waals surface area contributed by atoms with Crippen molar-refractivity contribution in [1.82, 2.24) is 15.4 Å². The third-order valence-corrected chi connectivity index (χ3v) is 3.49. The van der Waals surface area contributed by atoms with Crippen LogP contribution in [0.4, 0.5) is 4.79 Å². The Morgan fingerprint density at radius 2 is 2.42 bits per heavy atom. The molecule has 0 radical (unpaired) electrons. The topological polar surface area (TPSA) is 58.4 Å². The Hall–Kier alpha value is -1.52. The second-order valence-electron chi connectivity index (χ2n) is 5.64. The van der Waals surface area contributed by atoms with Gasteiger partial charge in [-0.3, -0.25) is 0 Å². The van der Waals surface area contributed by atoms with Crippen molar-refractivity contribution in [3.8, 4) is 0 Å². The van der Waals surface area contributed by atoms with Crippen LogP contribution in [0, 0.1) is 12.8 Å². The number of aromatic nitrogens is 1. The lowest BCUT2D eigenvalue weighted by molar-refractivity contribution is 0.182. The molecule has 0 saturated carbocycles. The molecule has 0 bridgehead atoms. The molecule has 1 aliphatic heterocycles. The molecular weight excluding hydrogens is 242 g/mol. The molecule has 1 aromatic heterocycles. The molecule has 1 atom stereocenters. The maximum Gasteiger partial charge on any atom is 0.318 e. The summed E-state index contributed by atoms with van der Waals surface area (Å²) in [5.74, 6) is 1.40. The highest BCUT2D eigenvalue weighted by Gasteiger charge is 2.32. The number of carbonyl (C=O) groups excluding carboxylic acids is 1. The summed E-state index contributed by atoms with van der Waals surface area (Å²) in [6.07, 6.45) is 2.97. The normalized spacial score (nSPS) is 19.2. The van der Waals surface area contributed by atoms with Crippen LogP contribution < -0.4 is 5.32 Å². The van der Waals surface area contributed by atoms with Gasteiger partial charge < -0.3 is 14.7 Å².